The highest BCUT2D eigenvalue weighted by Gasteiger charge is 2.32. The molecule has 0 heterocycles. The van der Waals surface area contributed by atoms with E-state index in [9.17, 15) is 21.6 Å². The first-order valence-corrected chi connectivity index (χ1v) is 8.11. The molecule has 0 saturated heterocycles. The molecule has 0 fully saturated rings. The molecule has 0 saturated carbocycles. The fraction of sp³-hybridized carbons (Fsp3) is 0.538. The lowest BCUT2D eigenvalue weighted by Gasteiger charge is -2.20. The van der Waals surface area contributed by atoms with Crippen molar-refractivity contribution in [3.05, 3.63) is 35.9 Å². The molecule has 1 unspecified atom stereocenters. The Bertz CT molecular complexity index is 500. The van der Waals surface area contributed by atoms with Gasteiger partial charge in [0.25, 0.3) is 0 Å². The molecule has 0 aliphatic carbocycles. The van der Waals surface area contributed by atoms with Crippen LogP contribution in [0.5, 0.6) is 0 Å². The maximum absolute atomic E-state index is 12.6. The van der Waals surface area contributed by atoms with Gasteiger partial charge < -0.3 is 5.32 Å². The summed E-state index contributed by atoms with van der Waals surface area (Å²) >= 11 is 0. The Hall–Kier alpha value is -1.08. The van der Waals surface area contributed by atoms with Gasteiger partial charge in [-0.15, -0.1) is 0 Å². The van der Waals surface area contributed by atoms with Gasteiger partial charge in [-0.2, -0.15) is 13.2 Å². The topological polar surface area (TPSA) is 46.2 Å². The molecule has 3 nitrogen and oxygen atoms in total. The van der Waals surface area contributed by atoms with Crippen LogP contribution in [0.25, 0.3) is 0 Å². The van der Waals surface area contributed by atoms with Crippen molar-refractivity contribution in [2.24, 2.45) is 0 Å². The normalized spacial score (nSPS) is 14.2. The zero-order chi connectivity index (χ0) is 15.2. The predicted molar refractivity (Wildman–Crippen MR) is 72.2 cm³/mol. The van der Waals surface area contributed by atoms with Crippen molar-refractivity contribution in [3.63, 3.8) is 0 Å². The van der Waals surface area contributed by atoms with E-state index in [4.69, 9.17) is 0 Å². The number of halogens is 3. The SMILES string of the molecule is CCS(=O)(=O)CCNC(CC(F)(F)F)c1ccccc1. The van der Waals surface area contributed by atoms with Crippen molar-refractivity contribution in [3.8, 4) is 0 Å². The first-order chi connectivity index (χ1) is 9.23. The zero-order valence-electron chi connectivity index (χ0n) is 11.2. The van der Waals surface area contributed by atoms with Crippen LogP contribution in [-0.2, 0) is 9.84 Å². The monoisotopic (exact) mass is 309 g/mol. The summed E-state index contributed by atoms with van der Waals surface area (Å²) in [6.45, 7) is 1.52. The Morgan fingerprint density at radius 3 is 2.30 bits per heavy atom. The van der Waals surface area contributed by atoms with E-state index in [1.54, 1.807) is 30.3 Å². The molecule has 0 aliphatic rings. The van der Waals surface area contributed by atoms with E-state index in [1.165, 1.54) is 6.92 Å². The van der Waals surface area contributed by atoms with Crippen LogP contribution < -0.4 is 5.32 Å². The summed E-state index contributed by atoms with van der Waals surface area (Å²) in [6, 6.07) is 7.29. The summed E-state index contributed by atoms with van der Waals surface area (Å²) in [5.41, 5.74) is 0.499. The van der Waals surface area contributed by atoms with Crippen molar-refractivity contribution in [1.29, 1.82) is 0 Å². The molecule has 0 radical (unpaired) electrons. The van der Waals surface area contributed by atoms with Gasteiger partial charge in [-0.1, -0.05) is 37.3 Å². The molecule has 0 spiro atoms. The second kappa shape index (κ2) is 7.08. The quantitative estimate of drug-likeness (QED) is 0.842. The van der Waals surface area contributed by atoms with Gasteiger partial charge in [0, 0.05) is 18.3 Å². The second-order valence-electron chi connectivity index (χ2n) is 4.47. The fourth-order valence-electron chi connectivity index (χ4n) is 1.76. The van der Waals surface area contributed by atoms with E-state index in [0.717, 1.165) is 0 Å². The summed E-state index contributed by atoms with van der Waals surface area (Å²) in [5, 5.41) is 2.68. The van der Waals surface area contributed by atoms with E-state index in [1.807, 2.05) is 0 Å². The van der Waals surface area contributed by atoms with Crippen LogP contribution in [0.4, 0.5) is 13.2 Å². The van der Waals surface area contributed by atoms with Crippen LogP contribution in [0.15, 0.2) is 30.3 Å². The van der Waals surface area contributed by atoms with E-state index in [2.05, 4.69) is 5.32 Å². The molecule has 0 aromatic heterocycles. The molecule has 1 aromatic rings. The van der Waals surface area contributed by atoms with Gasteiger partial charge in [-0.05, 0) is 5.56 Å². The second-order valence-corrected chi connectivity index (χ2v) is 6.95. The number of nitrogens with one attached hydrogen (secondary N) is 1. The molecular formula is C13H18F3NO2S. The Kier molecular flexibility index (Phi) is 6.01. The van der Waals surface area contributed by atoms with Crippen molar-refractivity contribution in [2.75, 3.05) is 18.1 Å². The van der Waals surface area contributed by atoms with Crippen LogP contribution in [0.1, 0.15) is 24.9 Å². The number of rotatable bonds is 7. The summed E-state index contributed by atoms with van der Waals surface area (Å²) < 4.78 is 60.4. The number of sulfone groups is 1. The van der Waals surface area contributed by atoms with Crippen LogP contribution in [0.2, 0.25) is 0 Å². The van der Waals surface area contributed by atoms with Gasteiger partial charge in [-0.25, -0.2) is 8.42 Å². The minimum absolute atomic E-state index is 0.00577. The molecule has 1 aromatic carbocycles. The van der Waals surface area contributed by atoms with Gasteiger partial charge in [0.2, 0.25) is 0 Å². The Labute approximate surface area is 117 Å². The summed E-state index contributed by atoms with van der Waals surface area (Å²) in [6.07, 6.45) is -5.33. The van der Waals surface area contributed by atoms with Crippen LogP contribution in [0, 0.1) is 0 Å². The lowest BCUT2D eigenvalue weighted by atomic mass is 10.0. The third kappa shape index (κ3) is 6.38. The molecule has 114 valence electrons. The Morgan fingerprint density at radius 1 is 1.20 bits per heavy atom. The highest BCUT2D eigenvalue weighted by Crippen LogP contribution is 2.29. The third-order valence-electron chi connectivity index (χ3n) is 2.88. The maximum Gasteiger partial charge on any atom is 0.390 e. The smallest absolute Gasteiger partial charge is 0.309 e. The molecular weight excluding hydrogens is 291 g/mol. The number of benzene rings is 1. The standard InChI is InChI=1S/C13H18F3NO2S/c1-2-20(18,19)9-8-17-12(10-13(14,15)16)11-6-4-3-5-7-11/h3-7,12,17H,2,8-10H2,1H3. The van der Waals surface area contributed by atoms with Gasteiger partial charge >= 0.3 is 6.18 Å². The summed E-state index contributed by atoms with van der Waals surface area (Å²) in [4.78, 5) is 0. The fourth-order valence-corrected chi connectivity index (χ4v) is 2.48. The minimum atomic E-state index is -4.31. The highest BCUT2D eigenvalue weighted by molar-refractivity contribution is 7.91. The van der Waals surface area contributed by atoms with E-state index < -0.39 is 28.5 Å². The van der Waals surface area contributed by atoms with E-state index in [-0.39, 0.29) is 18.1 Å². The molecule has 7 heteroatoms. The van der Waals surface area contributed by atoms with E-state index in [0.29, 0.717) is 5.56 Å². The van der Waals surface area contributed by atoms with Crippen molar-refractivity contribution >= 4 is 9.84 Å². The van der Waals surface area contributed by atoms with Crippen LogP contribution in [-0.4, -0.2) is 32.6 Å². The summed E-state index contributed by atoms with van der Waals surface area (Å²) in [7, 11) is -3.18. The van der Waals surface area contributed by atoms with Gasteiger partial charge in [0.05, 0.1) is 12.2 Å². The van der Waals surface area contributed by atoms with Crippen LogP contribution >= 0.6 is 0 Å². The Balaban J connectivity index is 2.70. The number of hydrogen-bond acceptors (Lipinski definition) is 3. The van der Waals surface area contributed by atoms with Crippen LogP contribution in [0.3, 0.4) is 0 Å². The molecule has 0 bridgehead atoms. The lowest BCUT2D eigenvalue weighted by molar-refractivity contribution is -0.140. The Morgan fingerprint density at radius 2 is 1.80 bits per heavy atom. The lowest BCUT2D eigenvalue weighted by Crippen LogP contribution is -2.31. The molecule has 1 atom stereocenters. The van der Waals surface area contributed by atoms with Gasteiger partial charge in [0.1, 0.15) is 0 Å². The molecule has 1 N–H and O–H groups in total. The van der Waals surface area contributed by atoms with Crippen molar-refractivity contribution in [2.45, 2.75) is 25.6 Å². The average Bonchev–Trinajstić information content (AvgIpc) is 2.37. The minimum Gasteiger partial charge on any atom is -0.309 e. The van der Waals surface area contributed by atoms with Crippen molar-refractivity contribution < 1.29 is 21.6 Å². The molecule has 0 amide bonds. The predicted octanol–water partition coefficient (Wildman–Crippen LogP) is 2.70. The van der Waals surface area contributed by atoms with Gasteiger partial charge in [0.15, 0.2) is 9.84 Å². The van der Waals surface area contributed by atoms with Crippen molar-refractivity contribution in [1.82, 2.24) is 5.32 Å². The average molecular weight is 309 g/mol. The molecule has 0 aliphatic heterocycles. The number of alkyl halides is 3. The third-order valence-corrected chi connectivity index (χ3v) is 4.59. The van der Waals surface area contributed by atoms with E-state index >= 15 is 0 Å². The maximum atomic E-state index is 12.6. The largest absolute Gasteiger partial charge is 0.390 e. The highest BCUT2D eigenvalue weighted by atomic mass is 32.2. The molecule has 1 rings (SSSR count). The molecule has 20 heavy (non-hydrogen) atoms. The summed E-state index contributed by atoms with van der Waals surface area (Å²) in [5.74, 6) is -0.172. The first-order valence-electron chi connectivity index (χ1n) is 6.29. The van der Waals surface area contributed by atoms with Gasteiger partial charge in [-0.3, -0.25) is 0 Å². The number of hydrogen-bond donors (Lipinski definition) is 1. The zero-order valence-corrected chi connectivity index (χ0v) is 12.0. The first kappa shape index (κ1) is 17.0.